The Morgan fingerprint density at radius 1 is 1.45 bits per heavy atom. The highest BCUT2D eigenvalue weighted by Crippen LogP contribution is 2.24. The molecule has 22 heavy (non-hydrogen) atoms. The summed E-state index contributed by atoms with van der Waals surface area (Å²) in [5, 5.41) is 25.8. The summed E-state index contributed by atoms with van der Waals surface area (Å²) in [6.45, 7) is 2.15. The van der Waals surface area contributed by atoms with Gasteiger partial charge in [0.25, 0.3) is 5.69 Å². The van der Waals surface area contributed by atoms with Crippen molar-refractivity contribution in [1.29, 1.82) is 0 Å². The molecule has 1 aliphatic rings. The van der Waals surface area contributed by atoms with E-state index in [1.807, 2.05) is 0 Å². The molecule has 2 amide bonds. The van der Waals surface area contributed by atoms with Gasteiger partial charge in [0.2, 0.25) is 0 Å². The maximum atomic E-state index is 11.8. The van der Waals surface area contributed by atoms with Crippen molar-refractivity contribution in [3.8, 4) is 0 Å². The highest BCUT2D eigenvalue weighted by molar-refractivity contribution is 5.89. The minimum atomic E-state index is -0.451. The summed E-state index contributed by atoms with van der Waals surface area (Å²) in [5.41, 5.74) is 1.05. The first-order chi connectivity index (χ1) is 10.5. The smallest absolute Gasteiger partial charge is 0.319 e. The molecule has 0 unspecified atom stereocenters. The molecule has 1 fully saturated rings. The number of amides is 2. The lowest BCUT2D eigenvalue weighted by molar-refractivity contribution is -0.385. The summed E-state index contributed by atoms with van der Waals surface area (Å²) in [5.74, 6) is 0.299. The monoisotopic (exact) mass is 307 g/mol. The second kappa shape index (κ2) is 7.22. The van der Waals surface area contributed by atoms with Gasteiger partial charge in [0.05, 0.1) is 11.0 Å². The van der Waals surface area contributed by atoms with E-state index in [1.165, 1.54) is 12.1 Å². The fraction of sp³-hybridized carbons (Fsp3) is 0.533. The second-order valence-electron chi connectivity index (χ2n) is 5.78. The number of hydrogen-bond donors (Lipinski definition) is 3. The number of carbonyl (C=O) groups excluding carboxylic acids is 1. The van der Waals surface area contributed by atoms with Crippen LogP contribution in [0.15, 0.2) is 18.2 Å². The van der Waals surface area contributed by atoms with Crippen molar-refractivity contribution in [1.82, 2.24) is 5.32 Å². The molecule has 1 aliphatic carbocycles. The minimum Gasteiger partial charge on any atom is -0.393 e. The van der Waals surface area contributed by atoms with Crippen LogP contribution in [0.1, 0.15) is 31.2 Å². The number of urea groups is 1. The van der Waals surface area contributed by atoms with E-state index in [-0.39, 0.29) is 17.8 Å². The number of hydrogen-bond acceptors (Lipinski definition) is 4. The molecule has 120 valence electrons. The van der Waals surface area contributed by atoms with E-state index in [0.29, 0.717) is 23.7 Å². The van der Waals surface area contributed by atoms with Gasteiger partial charge in [-0.3, -0.25) is 10.1 Å². The summed E-state index contributed by atoms with van der Waals surface area (Å²) < 4.78 is 0. The predicted molar refractivity (Wildman–Crippen MR) is 82.8 cm³/mol. The zero-order valence-electron chi connectivity index (χ0n) is 12.5. The van der Waals surface area contributed by atoms with Crippen LogP contribution in [-0.2, 0) is 0 Å². The number of benzene rings is 1. The van der Waals surface area contributed by atoms with E-state index >= 15 is 0 Å². The van der Waals surface area contributed by atoms with Gasteiger partial charge in [0, 0.05) is 23.9 Å². The van der Waals surface area contributed by atoms with Crippen molar-refractivity contribution < 1.29 is 14.8 Å². The largest absolute Gasteiger partial charge is 0.393 e. The molecule has 0 aliphatic heterocycles. The fourth-order valence-electron chi connectivity index (χ4n) is 2.80. The van der Waals surface area contributed by atoms with Gasteiger partial charge in [-0.1, -0.05) is 6.42 Å². The first-order valence-electron chi connectivity index (χ1n) is 7.43. The molecule has 7 heteroatoms. The van der Waals surface area contributed by atoms with Crippen molar-refractivity contribution in [2.45, 2.75) is 38.7 Å². The topological polar surface area (TPSA) is 104 Å². The van der Waals surface area contributed by atoms with Crippen LogP contribution in [0.3, 0.4) is 0 Å². The van der Waals surface area contributed by atoms with E-state index in [2.05, 4.69) is 10.6 Å². The van der Waals surface area contributed by atoms with Gasteiger partial charge in [-0.15, -0.1) is 0 Å². The third kappa shape index (κ3) is 4.42. The fourth-order valence-corrected chi connectivity index (χ4v) is 2.80. The summed E-state index contributed by atoms with van der Waals surface area (Å²) in [6.07, 6.45) is 3.28. The van der Waals surface area contributed by atoms with Crippen LogP contribution in [0.4, 0.5) is 16.2 Å². The second-order valence-corrected chi connectivity index (χ2v) is 5.78. The van der Waals surface area contributed by atoms with Crippen molar-refractivity contribution in [2.24, 2.45) is 5.92 Å². The Balaban J connectivity index is 1.84. The Kier molecular flexibility index (Phi) is 5.32. The number of nitrogens with one attached hydrogen (secondary N) is 2. The zero-order valence-corrected chi connectivity index (χ0v) is 12.5. The van der Waals surface area contributed by atoms with Gasteiger partial charge in [0.1, 0.15) is 0 Å². The highest BCUT2D eigenvalue weighted by Gasteiger charge is 2.20. The van der Waals surface area contributed by atoms with Gasteiger partial charge < -0.3 is 15.7 Å². The summed E-state index contributed by atoms with van der Waals surface area (Å²) in [6, 6.07) is 4.12. The van der Waals surface area contributed by atoms with E-state index < -0.39 is 4.92 Å². The minimum absolute atomic E-state index is 0.0298. The molecule has 0 saturated heterocycles. The van der Waals surface area contributed by atoms with E-state index in [4.69, 9.17) is 0 Å². The van der Waals surface area contributed by atoms with Gasteiger partial charge >= 0.3 is 6.03 Å². The standard InChI is InChI=1S/C15H21N3O4/c1-10-7-12(5-6-14(10)18(21)22)17-15(20)16-9-11-3-2-4-13(19)8-11/h5-7,11,13,19H,2-4,8-9H2,1H3,(H2,16,17,20)/t11-,13-/m1/s1. The Hall–Kier alpha value is -2.15. The van der Waals surface area contributed by atoms with Gasteiger partial charge in [-0.2, -0.15) is 0 Å². The molecule has 0 aromatic heterocycles. The lowest BCUT2D eigenvalue weighted by Crippen LogP contribution is -2.35. The van der Waals surface area contributed by atoms with Crippen LogP contribution in [-0.4, -0.2) is 28.7 Å². The Morgan fingerprint density at radius 3 is 2.86 bits per heavy atom. The number of carbonyl (C=O) groups is 1. The average Bonchev–Trinajstić information content (AvgIpc) is 2.45. The predicted octanol–water partition coefficient (Wildman–Crippen LogP) is 2.58. The van der Waals surface area contributed by atoms with E-state index in [0.717, 1.165) is 25.7 Å². The normalized spacial score (nSPS) is 21.2. The summed E-state index contributed by atoms with van der Waals surface area (Å²) in [7, 11) is 0. The SMILES string of the molecule is Cc1cc(NC(=O)NC[C@@H]2CCC[C@@H](O)C2)ccc1[N+](=O)[O-]. The average molecular weight is 307 g/mol. The first kappa shape index (κ1) is 16.2. The molecule has 7 nitrogen and oxygen atoms in total. The van der Waals surface area contributed by atoms with Gasteiger partial charge in [0.15, 0.2) is 0 Å². The number of aliphatic hydroxyl groups is 1. The van der Waals surface area contributed by atoms with Crippen LogP contribution in [0, 0.1) is 23.0 Å². The van der Waals surface area contributed by atoms with Gasteiger partial charge in [-0.05, 0) is 44.2 Å². The van der Waals surface area contributed by atoms with E-state index in [1.54, 1.807) is 13.0 Å². The molecule has 0 bridgehead atoms. The molecular weight excluding hydrogens is 286 g/mol. The van der Waals surface area contributed by atoms with Gasteiger partial charge in [-0.25, -0.2) is 4.79 Å². The number of rotatable bonds is 4. The van der Waals surface area contributed by atoms with Crippen molar-refractivity contribution >= 4 is 17.4 Å². The summed E-state index contributed by atoms with van der Waals surface area (Å²) >= 11 is 0. The molecular formula is C15H21N3O4. The third-order valence-corrected chi connectivity index (χ3v) is 3.96. The van der Waals surface area contributed by atoms with E-state index in [9.17, 15) is 20.0 Å². The molecule has 3 N–H and O–H groups in total. The molecule has 0 heterocycles. The lowest BCUT2D eigenvalue weighted by Gasteiger charge is -2.25. The van der Waals surface area contributed by atoms with Crippen LogP contribution < -0.4 is 10.6 Å². The summed E-state index contributed by atoms with van der Waals surface area (Å²) in [4.78, 5) is 22.1. The van der Waals surface area contributed by atoms with Crippen LogP contribution in [0.2, 0.25) is 0 Å². The number of aryl methyl sites for hydroxylation is 1. The Bertz CT molecular complexity index is 562. The molecule has 2 atom stereocenters. The molecule has 1 aromatic carbocycles. The van der Waals surface area contributed by atoms with Crippen LogP contribution in [0.25, 0.3) is 0 Å². The Morgan fingerprint density at radius 2 is 2.23 bits per heavy atom. The zero-order chi connectivity index (χ0) is 16.1. The quantitative estimate of drug-likeness (QED) is 0.587. The van der Waals surface area contributed by atoms with Crippen molar-refractivity contribution in [2.75, 3.05) is 11.9 Å². The number of nitro benzene ring substituents is 1. The molecule has 2 rings (SSSR count). The maximum absolute atomic E-state index is 11.8. The Labute approximate surface area is 128 Å². The van der Waals surface area contributed by atoms with Crippen LogP contribution >= 0.6 is 0 Å². The molecule has 0 spiro atoms. The lowest BCUT2D eigenvalue weighted by atomic mass is 9.87. The van der Waals surface area contributed by atoms with Crippen molar-refractivity contribution in [3.63, 3.8) is 0 Å². The number of anilines is 1. The maximum Gasteiger partial charge on any atom is 0.319 e. The first-order valence-corrected chi connectivity index (χ1v) is 7.43. The van der Waals surface area contributed by atoms with Crippen molar-refractivity contribution in [3.05, 3.63) is 33.9 Å². The molecule has 1 aromatic rings. The molecule has 1 saturated carbocycles. The molecule has 0 radical (unpaired) electrons. The third-order valence-electron chi connectivity index (χ3n) is 3.96. The number of nitro groups is 1. The number of aliphatic hydroxyl groups excluding tert-OH is 1. The number of nitrogens with zero attached hydrogens (tertiary/aromatic N) is 1. The van der Waals surface area contributed by atoms with Crippen LogP contribution in [0.5, 0.6) is 0 Å². The highest BCUT2D eigenvalue weighted by atomic mass is 16.6.